The molecule has 2 heteroatoms. The first-order valence-electron chi connectivity index (χ1n) is 11.2. The Morgan fingerprint density at radius 3 is 2.04 bits per heavy atom. The Hall–Kier alpha value is -1.02. The summed E-state index contributed by atoms with van der Waals surface area (Å²) in [4.78, 5) is 0. The highest BCUT2D eigenvalue weighted by Gasteiger charge is 2.51. The van der Waals surface area contributed by atoms with Crippen LogP contribution in [0.25, 0.3) is 0 Å². The zero-order chi connectivity index (χ0) is 17.6. The molecule has 0 radical (unpaired) electrons. The van der Waals surface area contributed by atoms with Crippen LogP contribution in [0.4, 0.5) is 0 Å². The lowest BCUT2D eigenvalue weighted by atomic mass is 9.48. The van der Waals surface area contributed by atoms with E-state index in [0.29, 0.717) is 5.41 Å². The summed E-state index contributed by atoms with van der Waals surface area (Å²) in [5.41, 5.74) is 2.12. The van der Waals surface area contributed by atoms with Crippen molar-refractivity contribution in [2.75, 3.05) is 33.3 Å². The Balaban J connectivity index is 1.21. The molecule has 5 aliphatic rings. The van der Waals surface area contributed by atoms with Crippen LogP contribution in [0.5, 0.6) is 5.75 Å². The van der Waals surface area contributed by atoms with Gasteiger partial charge in [0.1, 0.15) is 18.9 Å². The summed E-state index contributed by atoms with van der Waals surface area (Å²) in [6.07, 6.45) is 13.1. The Morgan fingerprint density at radius 1 is 0.885 bits per heavy atom. The average Bonchev–Trinajstić information content (AvgIpc) is 2.61. The number of likely N-dealkylation sites (N-methyl/N-ethyl adjacent to an activating group) is 1. The van der Waals surface area contributed by atoms with Gasteiger partial charge in [0.15, 0.2) is 0 Å². The second kappa shape index (κ2) is 6.55. The number of ether oxygens (including phenoxy) is 1. The molecular weight excluding hydrogens is 318 g/mol. The van der Waals surface area contributed by atoms with Crippen LogP contribution < -0.4 is 4.74 Å². The third-order valence-electron chi connectivity index (χ3n) is 8.30. The number of likely N-dealkylation sites (tertiary alicyclic amines) is 1. The molecule has 4 saturated carbocycles. The highest BCUT2D eigenvalue weighted by molar-refractivity contribution is 5.34. The van der Waals surface area contributed by atoms with E-state index in [0.717, 1.165) is 36.7 Å². The highest BCUT2D eigenvalue weighted by Crippen LogP contribution is 2.60. The lowest BCUT2D eigenvalue weighted by molar-refractivity contribution is -0.914. The van der Waals surface area contributed by atoms with E-state index in [4.69, 9.17) is 4.74 Å². The summed E-state index contributed by atoms with van der Waals surface area (Å²) in [5.74, 6) is 4.13. The predicted molar refractivity (Wildman–Crippen MR) is 106 cm³/mol. The van der Waals surface area contributed by atoms with Crippen molar-refractivity contribution in [3.05, 3.63) is 29.8 Å². The van der Waals surface area contributed by atoms with E-state index in [9.17, 15) is 0 Å². The molecule has 2 nitrogen and oxygen atoms in total. The van der Waals surface area contributed by atoms with Gasteiger partial charge in [-0.15, -0.1) is 0 Å². The van der Waals surface area contributed by atoms with Crippen LogP contribution in [0.15, 0.2) is 24.3 Å². The number of benzene rings is 1. The van der Waals surface area contributed by atoms with E-state index in [1.54, 1.807) is 5.56 Å². The molecule has 0 N–H and O–H groups in total. The molecule has 142 valence electrons. The van der Waals surface area contributed by atoms with E-state index < -0.39 is 0 Å². The third-order valence-corrected chi connectivity index (χ3v) is 8.30. The van der Waals surface area contributed by atoms with Crippen LogP contribution in [-0.4, -0.2) is 37.8 Å². The number of quaternary nitrogens is 1. The van der Waals surface area contributed by atoms with Gasteiger partial charge in [-0.05, 0) is 98.7 Å². The molecule has 1 heterocycles. The van der Waals surface area contributed by atoms with Gasteiger partial charge in [0, 0.05) is 0 Å². The fourth-order valence-electron chi connectivity index (χ4n) is 7.25. The standard InChI is InChI=1S/C24H36NO/c1-25(9-3-2-4-10-25)11-12-26-23-7-5-22(6-8-23)24-16-19-13-20(17-24)15-21(14-19)18-24/h5-8,19-21H,2-4,9-18H2,1H3/q+1. The fourth-order valence-corrected chi connectivity index (χ4v) is 7.25. The van der Waals surface area contributed by atoms with Gasteiger partial charge in [-0.2, -0.15) is 0 Å². The maximum absolute atomic E-state index is 6.13. The first kappa shape index (κ1) is 17.1. The molecule has 0 atom stereocenters. The molecule has 1 aromatic rings. The third kappa shape index (κ3) is 3.19. The average molecular weight is 355 g/mol. The predicted octanol–water partition coefficient (Wildman–Crippen LogP) is 5.16. The van der Waals surface area contributed by atoms with Crippen molar-refractivity contribution < 1.29 is 9.22 Å². The number of hydrogen-bond acceptors (Lipinski definition) is 1. The monoisotopic (exact) mass is 354 g/mol. The Bertz CT molecular complexity index is 593. The molecular formula is C24H36NO+. The molecule has 1 aromatic carbocycles. The Morgan fingerprint density at radius 2 is 1.46 bits per heavy atom. The van der Waals surface area contributed by atoms with Gasteiger partial charge in [-0.25, -0.2) is 0 Å². The van der Waals surface area contributed by atoms with Crippen molar-refractivity contribution in [3.8, 4) is 5.75 Å². The summed E-state index contributed by atoms with van der Waals surface area (Å²) < 4.78 is 7.33. The Labute approximate surface area is 159 Å². The highest BCUT2D eigenvalue weighted by atomic mass is 16.5. The van der Waals surface area contributed by atoms with Crippen molar-refractivity contribution in [1.82, 2.24) is 0 Å². The van der Waals surface area contributed by atoms with E-state index in [1.165, 1.54) is 75.4 Å². The van der Waals surface area contributed by atoms with Crippen LogP contribution in [0.2, 0.25) is 0 Å². The molecule has 1 saturated heterocycles. The van der Waals surface area contributed by atoms with Gasteiger partial charge in [-0.1, -0.05) is 12.1 Å². The minimum Gasteiger partial charge on any atom is -0.488 e. The van der Waals surface area contributed by atoms with Gasteiger partial charge in [-0.3, -0.25) is 0 Å². The quantitative estimate of drug-likeness (QED) is 0.663. The van der Waals surface area contributed by atoms with Crippen LogP contribution >= 0.6 is 0 Å². The lowest BCUT2D eigenvalue weighted by Gasteiger charge is -2.57. The lowest BCUT2D eigenvalue weighted by Crippen LogP contribution is -2.50. The van der Waals surface area contributed by atoms with E-state index in [2.05, 4.69) is 31.3 Å². The summed E-state index contributed by atoms with van der Waals surface area (Å²) in [6.45, 7) is 4.66. The maximum Gasteiger partial charge on any atom is 0.137 e. The molecule has 26 heavy (non-hydrogen) atoms. The molecule has 0 amide bonds. The number of hydrogen-bond donors (Lipinski definition) is 0. The van der Waals surface area contributed by atoms with Crippen molar-refractivity contribution in [2.24, 2.45) is 17.8 Å². The number of piperidine rings is 1. The van der Waals surface area contributed by atoms with Gasteiger partial charge in [0.05, 0.1) is 20.1 Å². The van der Waals surface area contributed by atoms with Crippen molar-refractivity contribution in [2.45, 2.75) is 63.2 Å². The van der Waals surface area contributed by atoms with Crippen molar-refractivity contribution >= 4 is 0 Å². The van der Waals surface area contributed by atoms with Crippen LogP contribution in [-0.2, 0) is 5.41 Å². The molecule has 6 rings (SSSR count). The molecule has 4 bridgehead atoms. The first-order chi connectivity index (χ1) is 12.6. The zero-order valence-corrected chi connectivity index (χ0v) is 16.6. The van der Waals surface area contributed by atoms with Gasteiger partial charge >= 0.3 is 0 Å². The zero-order valence-electron chi connectivity index (χ0n) is 16.6. The molecule has 4 aliphatic carbocycles. The van der Waals surface area contributed by atoms with E-state index >= 15 is 0 Å². The molecule has 0 unspecified atom stereocenters. The Kier molecular flexibility index (Phi) is 4.31. The van der Waals surface area contributed by atoms with Gasteiger partial charge in [0.2, 0.25) is 0 Å². The SMILES string of the molecule is C[N+]1(CCOc2ccc(C34CC5CC(CC(C5)C3)C4)cc2)CCCCC1. The maximum atomic E-state index is 6.13. The minimum absolute atomic E-state index is 0.514. The van der Waals surface area contributed by atoms with Crippen molar-refractivity contribution in [1.29, 1.82) is 0 Å². The summed E-state index contributed by atoms with van der Waals surface area (Å²) in [6, 6.07) is 9.31. The smallest absolute Gasteiger partial charge is 0.137 e. The second-order valence-corrected chi connectivity index (χ2v) is 10.4. The topological polar surface area (TPSA) is 9.23 Å². The largest absolute Gasteiger partial charge is 0.488 e. The molecule has 5 fully saturated rings. The normalized spacial score (nSPS) is 37.7. The van der Waals surface area contributed by atoms with E-state index in [-0.39, 0.29) is 0 Å². The van der Waals surface area contributed by atoms with E-state index in [1.807, 2.05) is 0 Å². The van der Waals surface area contributed by atoms with Gasteiger partial charge < -0.3 is 9.22 Å². The second-order valence-electron chi connectivity index (χ2n) is 10.4. The molecule has 0 aromatic heterocycles. The van der Waals surface area contributed by atoms with Crippen LogP contribution in [0, 0.1) is 17.8 Å². The number of nitrogens with zero attached hydrogens (tertiary/aromatic N) is 1. The number of rotatable bonds is 5. The van der Waals surface area contributed by atoms with Crippen LogP contribution in [0.1, 0.15) is 63.4 Å². The van der Waals surface area contributed by atoms with Crippen molar-refractivity contribution in [3.63, 3.8) is 0 Å². The molecule has 1 aliphatic heterocycles. The first-order valence-corrected chi connectivity index (χ1v) is 11.2. The summed E-state index contributed by atoms with van der Waals surface area (Å²) >= 11 is 0. The van der Waals surface area contributed by atoms with Crippen LogP contribution in [0.3, 0.4) is 0 Å². The summed E-state index contributed by atoms with van der Waals surface area (Å²) in [7, 11) is 2.40. The molecule has 0 spiro atoms. The minimum atomic E-state index is 0.514. The summed E-state index contributed by atoms with van der Waals surface area (Å²) in [5, 5.41) is 0. The fraction of sp³-hybridized carbons (Fsp3) is 0.750. The van der Waals surface area contributed by atoms with Gasteiger partial charge in [0.25, 0.3) is 0 Å².